The number of methoxy groups -OCH3 is 2. The summed E-state index contributed by atoms with van der Waals surface area (Å²) >= 11 is 3.45. The molecule has 170 valence electrons. The highest BCUT2D eigenvalue weighted by atomic mass is 79.9. The second-order valence-corrected chi connectivity index (χ2v) is 8.28. The van der Waals surface area contributed by atoms with Gasteiger partial charge in [-0.05, 0) is 23.8 Å². The zero-order valence-electron chi connectivity index (χ0n) is 18.6. The molecule has 1 aliphatic rings. The first-order valence-corrected chi connectivity index (χ1v) is 10.7. The number of halogens is 1. The predicted octanol–water partition coefficient (Wildman–Crippen LogP) is 3.41. The first kappa shape index (κ1) is 23.9. The minimum atomic E-state index is -0.913. The molecule has 1 aliphatic heterocycles. The van der Waals surface area contributed by atoms with E-state index in [4.69, 9.17) is 15.2 Å². The van der Waals surface area contributed by atoms with Crippen molar-refractivity contribution in [2.24, 2.45) is 5.73 Å². The molecule has 33 heavy (non-hydrogen) atoms. The number of carbonyl (C=O) groups excluding carboxylic acids is 2. The van der Waals surface area contributed by atoms with E-state index in [2.05, 4.69) is 22.0 Å². The van der Waals surface area contributed by atoms with Gasteiger partial charge in [0, 0.05) is 18.6 Å². The molecular formula is C24H23BrN4O4. The second kappa shape index (κ2) is 9.79. The van der Waals surface area contributed by atoms with E-state index in [1.165, 1.54) is 19.1 Å². The fourth-order valence-electron chi connectivity index (χ4n) is 3.82. The molecule has 1 atom stereocenters. The standard InChI is InChI=1S/C24H23BrN4O4/c1-28(2)17-11-10-15(25)12-18(17)29-21(24(31)33-4)20(23(30)32-3)19(16(13-26)22(29)27)14-8-6-5-7-9-14/h5-12,19H,27H2,1-4H3. The quantitative estimate of drug-likeness (QED) is 0.609. The fraction of sp³-hybridized carbons (Fsp3) is 0.208. The van der Waals surface area contributed by atoms with Gasteiger partial charge in [-0.1, -0.05) is 46.3 Å². The molecule has 3 rings (SSSR count). The first-order chi connectivity index (χ1) is 15.8. The van der Waals surface area contributed by atoms with Crippen molar-refractivity contribution in [1.29, 1.82) is 5.26 Å². The Balaban J connectivity index is 2.48. The van der Waals surface area contributed by atoms with Crippen LogP contribution in [0.5, 0.6) is 0 Å². The van der Waals surface area contributed by atoms with Crippen molar-refractivity contribution in [2.75, 3.05) is 38.1 Å². The molecule has 0 radical (unpaired) electrons. The third-order valence-corrected chi connectivity index (χ3v) is 5.76. The third-order valence-electron chi connectivity index (χ3n) is 5.27. The van der Waals surface area contributed by atoms with Gasteiger partial charge in [0.25, 0.3) is 0 Å². The number of nitrogens with two attached hydrogens (primary N) is 1. The normalized spacial score (nSPS) is 15.8. The maximum atomic E-state index is 13.1. The molecule has 0 bridgehead atoms. The van der Waals surface area contributed by atoms with Crippen LogP contribution in [0.2, 0.25) is 0 Å². The van der Waals surface area contributed by atoms with E-state index in [1.54, 1.807) is 30.3 Å². The van der Waals surface area contributed by atoms with Gasteiger partial charge >= 0.3 is 11.9 Å². The number of benzene rings is 2. The van der Waals surface area contributed by atoms with Gasteiger partial charge in [-0.15, -0.1) is 0 Å². The molecule has 0 spiro atoms. The van der Waals surface area contributed by atoms with Crippen molar-refractivity contribution in [3.63, 3.8) is 0 Å². The summed E-state index contributed by atoms with van der Waals surface area (Å²) in [5.41, 5.74) is 8.30. The number of esters is 2. The number of ether oxygens (including phenoxy) is 2. The van der Waals surface area contributed by atoms with Crippen LogP contribution in [0, 0.1) is 11.3 Å². The summed E-state index contributed by atoms with van der Waals surface area (Å²) in [6.07, 6.45) is 0. The summed E-state index contributed by atoms with van der Waals surface area (Å²) in [6, 6.07) is 16.4. The van der Waals surface area contributed by atoms with Crippen molar-refractivity contribution in [1.82, 2.24) is 0 Å². The van der Waals surface area contributed by atoms with Crippen LogP contribution >= 0.6 is 15.9 Å². The van der Waals surface area contributed by atoms with Gasteiger partial charge in [0.2, 0.25) is 0 Å². The maximum Gasteiger partial charge on any atom is 0.355 e. The molecular weight excluding hydrogens is 488 g/mol. The lowest BCUT2D eigenvalue weighted by Crippen LogP contribution is -2.41. The number of hydrogen-bond acceptors (Lipinski definition) is 8. The summed E-state index contributed by atoms with van der Waals surface area (Å²) in [5, 5.41) is 10.1. The van der Waals surface area contributed by atoms with E-state index in [0.717, 1.165) is 0 Å². The van der Waals surface area contributed by atoms with E-state index in [1.807, 2.05) is 37.2 Å². The zero-order valence-corrected chi connectivity index (χ0v) is 20.2. The lowest BCUT2D eigenvalue weighted by atomic mass is 9.81. The molecule has 2 aromatic carbocycles. The lowest BCUT2D eigenvalue weighted by Gasteiger charge is -2.37. The highest BCUT2D eigenvalue weighted by Crippen LogP contribution is 2.45. The Morgan fingerprint density at radius 1 is 1.09 bits per heavy atom. The van der Waals surface area contributed by atoms with Gasteiger partial charge in [-0.25, -0.2) is 9.59 Å². The average Bonchev–Trinajstić information content (AvgIpc) is 2.82. The van der Waals surface area contributed by atoms with E-state index in [0.29, 0.717) is 21.4 Å². The van der Waals surface area contributed by atoms with Crippen molar-refractivity contribution in [2.45, 2.75) is 5.92 Å². The third kappa shape index (κ3) is 4.30. The Hall–Kier alpha value is -3.77. The van der Waals surface area contributed by atoms with Crippen LogP contribution in [0.4, 0.5) is 11.4 Å². The summed E-state index contributed by atoms with van der Waals surface area (Å²) in [6.45, 7) is 0. The zero-order chi connectivity index (χ0) is 24.3. The van der Waals surface area contributed by atoms with Crippen molar-refractivity contribution in [3.8, 4) is 6.07 Å². The van der Waals surface area contributed by atoms with Crippen LogP contribution in [0.1, 0.15) is 11.5 Å². The molecule has 1 unspecified atom stereocenters. The highest BCUT2D eigenvalue weighted by molar-refractivity contribution is 9.10. The van der Waals surface area contributed by atoms with Crippen molar-refractivity contribution in [3.05, 3.63) is 81.2 Å². The largest absolute Gasteiger partial charge is 0.466 e. The van der Waals surface area contributed by atoms with Crippen LogP contribution in [0.25, 0.3) is 0 Å². The minimum absolute atomic E-state index is 0.0145. The summed E-state index contributed by atoms with van der Waals surface area (Å²) in [5.74, 6) is -2.46. The Morgan fingerprint density at radius 2 is 1.73 bits per heavy atom. The Bertz CT molecular complexity index is 1200. The second-order valence-electron chi connectivity index (χ2n) is 7.36. The van der Waals surface area contributed by atoms with Gasteiger partial charge in [-0.2, -0.15) is 5.26 Å². The fourth-order valence-corrected chi connectivity index (χ4v) is 4.17. The summed E-state index contributed by atoms with van der Waals surface area (Å²) in [7, 11) is 6.09. The minimum Gasteiger partial charge on any atom is -0.466 e. The molecule has 0 saturated heterocycles. The Labute approximate surface area is 200 Å². The molecule has 0 aliphatic carbocycles. The van der Waals surface area contributed by atoms with Gasteiger partial charge in [-0.3, -0.25) is 4.90 Å². The number of nitriles is 1. The number of hydrogen-bond donors (Lipinski definition) is 1. The molecule has 0 amide bonds. The van der Waals surface area contributed by atoms with E-state index in [-0.39, 0.29) is 22.7 Å². The monoisotopic (exact) mass is 510 g/mol. The summed E-state index contributed by atoms with van der Waals surface area (Å²) < 4.78 is 10.8. The number of rotatable bonds is 5. The van der Waals surface area contributed by atoms with Crippen LogP contribution in [-0.2, 0) is 19.1 Å². The van der Waals surface area contributed by atoms with E-state index in [9.17, 15) is 14.9 Å². The molecule has 1 heterocycles. The van der Waals surface area contributed by atoms with Gasteiger partial charge in [0.1, 0.15) is 11.5 Å². The first-order valence-electron chi connectivity index (χ1n) is 9.89. The topological polar surface area (TPSA) is 109 Å². The molecule has 2 aromatic rings. The smallest absolute Gasteiger partial charge is 0.355 e. The number of nitrogens with zero attached hydrogens (tertiary/aromatic N) is 3. The molecule has 0 saturated carbocycles. The number of allylic oxidation sites excluding steroid dienone is 1. The van der Waals surface area contributed by atoms with Crippen LogP contribution in [0.3, 0.4) is 0 Å². The SMILES string of the molecule is COC(=O)C1=C(C(=O)OC)N(c2cc(Br)ccc2N(C)C)C(N)=C(C#N)C1c1ccccc1. The van der Waals surface area contributed by atoms with Crippen LogP contribution in [0.15, 0.2) is 75.7 Å². The molecule has 2 N–H and O–H groups in total. The lowest BCUT2D eigenvalue weighted by molar-refractivity contribution is -0.139. The van der Waals surface area contributed by atoms with Crippen LogP contribution < -0.4 is 15.5 Å². The van der Waals surface area contributed by atoms with E-state index >= 15 is 0 Å². The average molecular weight is 511 g/mol. The maximum absolute atomic E-state index is 13.1. The Morgan fingerprint density at radius 3 is 2.27 bits per heavy atom. The predicted molar refractivity (Wildman–Crippen MR) is 128 cm³/mol. The number of anilines is 2. The molecule has 0 fully saturated rings. The van der Waals surface area contributed by atoms with Crippen molar-refractivity contribution < 1.29 is 19.1 Å². The molecule has 9 heteroatoms. The van der Waals surface area contributed by atoms with Gasteiger partial charge < -0.3 is 20.1 Å². The highest BCUT2D eigenvalue weighted by Gasteiger charge is 2.43. The van der Waals surface area contributed by atoms with E-state index < -0.39 is 17.9 Å². The van der Waals surface area contributed by atoms with Crippen LogP contribution in [-0.4, -0.2) is 40.3 Å². The summed E-state index contributed by atoms with van der Waals surface area (Å²) in [4.78, 5) is 29.5. The molecule has 8 nitrogen and oxygen atoms in total. The van der Waals surface area contributed by atoms with Crippen molar-refractivity contribution >= 4 is 39.2 Å². The van der Waals surface area contributed by atoms with Gasteiger partial charge in [0.05, 0.1) is 48.7 Å². The molecule has 0 aromatic heterocycles. The van der Waals surface area contributed by atoms with Gasteiger partial charge in [0.15, 0.2) is 0 Å². The Kier molecular flexibility index (Phi) is 7.09. The number of carbonyl (C=O) groups is 2.